The van der Waals surface area contributed by atoms with Crippen LogP contribution in [-0.4, -0.2) is 20.5 Å². The van der Waals surface area contributed by atoms with Gasteiger partial charge in [-0.2, -0.15) is 0 Å². The van der Waals surface area contributed by atoms with E-state index in [-0.39, 0.29) is 16.7 Å². The lowest BCUT2D eigenvalue weighted by molar-refractivity contribution is -0.115. The number of pyridine rings is 1. The first-order chi connectivity index (χ1) is 12.4. The summed E-state index contributed by atoms with van der Waals surface area (Å²) in [7, 11) is 0. The topological polar surface area (TPSA) is 63.5 Å². The highest BCUT2D eigenvalue weighted by atomic mass is 79.9. The fourth-order valence-electron chi connectivity index (χ4n) is 2.28. The Morgan fingerprint density at radius 2 is 2.12 bits per heavy atom. The molecule has 0 fully saturated rings. The molecule has 0 aliphatic heterocycles. The fourth-order valence-corrected chi connectivity index (χ4v) is 3.58. The van der Waals surface area contributed by atoms with E-state index in [0.717, 1.165) is 4.47 Å². The molecule has 0 spiro atoms. The number of amides is 1. The van der Waals surface area contributed by atoms with Gasteiger partial charge in [0.1, 0.15) is 5.65 Å². The highest BCUT2D eigenvalue weighted by Crippen LogP contribution is 2.23. The lowest BCUT2D eigenvalue weighted by Crippen LogP contribution is -2.23. The number of fused-ring (bicyclic) bond motifs is 1. The van der Waals surface area contributed by atoms with E-state index in [9.17, 15) is 9.59 Å². The van der Waals surface area contributed by atoms with E-state index < -0.39 is 0 Å². The number of para-hydroxylation sites is 1. The van der Waals surface area contributed by atoms with Crippen LogP contribution in [0.5, 0.6) is 0 Å². The summed E-state index contributed by atoms with van der Waals surface area (Å²) < 4.78 is 2.28. The second kappa shape index (κ2) is 8.24. The monoisotopic (exact) mass is 451 g/mol. The van der Waals surface area contributed by atoms with E-state index in [1.165, 1.54) is 22.2 Å². The van der Waals surface area contributed by atoms with Gasteiger partial charge in [0.15, 0.2) is 0 Å². The molecule has 1 atom stereocenters. The third-order valence-corrected chi connectivity index (χ3v) is 5.63. The van der Waals surface area contributed by atoms with Crippen LogP contribution in [0.1, 0.15) is 12.6 Å². The molecule has 0 bridgehead atoms. The zero-order valence-corrected chi connectivity index (χ0v) is 16.9. The summed E-state index contributed by atoms with van der Waals surface area (Å²) in [5, 5.41) is 2.98. The highest BCUT2D eigenvalue weighted by molar-refractivity contribution is 9.10. The number of halogens is 2. The molecule has 2 aromatic heterocycles. The van der Waals surface area contributed by atoms with Crippen LogP contribution in [0, 0.1) is 0 Å². The number of nitrogens with one attached hydrogen (secondary N) is 1. The molecule has 5 nitrogen and oxygen atoms in total. The summed E-state index contributed by atoms with van der Waals surface area (Å²) in [6, 6.07) is 12.2. The molecule has 0 saturated carbocycles. The molecule has 1 N–H and O–H groups in total. The minimum absolute atomic E-state index is 0.149. The summed E-state index contributed by atoms with van der Waals surface area (Å²) >= 11 is 10.8. The SMILES string of the molecule is CC(SCc1cc(=O)n2cc(Br)ccc2n1)C(=O)Nc1ccccc1Cl. The number of hydrogen-bond donors (Lipinski definition) is 1. The fraction of sp³-hybridized carbons (Fsp3) is 0.167. The quantitative estimate of drug-likeness (QED) is 0.624. The van der Waals surface area contributed by atoms with E-state index in [0.29, 0.717) is 27.8 Å². The van der Waals surface area contributed by atoms with Gasteiger partial charge < -0.3 is 5.32 Å². The smallest absolute Gasteiger partial charge is 0.258 e. The van der Waals surface area contributed by atoms with Crippen LogP contribution in [0.25, 0.3) is 5.65 Å². The van der Waals surface area contributed by atoms with Crippen LogP contribution < -0.4 is 10.9 Å². The summed E-state index contributed by atoms with van der Waals surface area (Å²) in [4.78, 5) is 29.0. The molecule has 8 heteroatoms. The van der Waals surface area contributed by atoms with Crippen LogP contribution in [0.2, 0.25) is 5.02 Å². The number of benzene rings is 1. The maximum atomic E-state index is 12.3. The molecule has 0 aliphatic rings. The van der Waals surface area contributed by atoms with E-state index in [4.69, 9.17) is 11.6 Å². The Hall–Kier alpha value is -1.83. The largest absolute Gasteiger partial charge is 0.324 e. The minimum Gasteiger partial charge on any atom is -0.324 e. The van der Waals surface area contributed by atoms with Crippen molar-refractivity contribution in [3.63, 3.8) is 0 Å². The Bertz CT molecular complexity index is 1020. The van der Waals surface area contributed by atoms with Crippen LogP contribution in [0.4, 0.5) is 5.69 Å². The standard InChI is InChI=1S/C18H15BrClN3O2S/c1-11(18(25)22-15-5-3-2-4-14(15)20)26-10-13-8-17(24)23-9-12(19)6-7-16(23)21-13/h2-9,11H,10H2,1H3,(H,22,25). The van der Waals surface area contributed by atoms with Crippen LogP contribution in [0.15, 0.2) is 57.9 Å². The predicted molar refractivity (Wildman–Crippen MR) is 110 cm³/mol. The lowest BCUT2D eigenvalue weighted by atomic mass is 10.3. The lowest BCUT2D eigenvalue weighted by Gasteiger charge is -2.13. The minimum atomic E-state index is -0.323. The number of carbonyl (C=O) groups excluding carboxylic acids is 1. The molecule has 1 aromatic carbocycles. The molecule has 1 unspecified atom stereocenters. The number of aromatic nitrogens is 2. The average molecular weight is 453 g/mol. The van der Waals surface area contributed by atoms with Gasteiger partial charge in [0.05, 0.1) is 21.7 Å². The van der Waals surface area contributed by atoms with Gasteiger partial charge in [-0.1, -0.05) is 23.7 Å². The van der Waals surface area contributed by atoms with Gasteiger partial charge in [-0.05, 0) is 47.1 Å². The predicted octanol–water partition coefficient (Wildman–Crippen LogP) is 4.37. The van der Waals surface area contributed by atoms with Crippen molar-refractivity contribution in [1.82, 2.24) is 9.38 Å². The normalized spacial score (nSPS) is 12.1. The molecular weight excluding hydrogens is 438 g/mol. The first-order valence-corrected chi connectivity index (χ1v) is 10.0. The van der Waals surface area contributed by atoms with Gasteiger partial charge in [0.2, 0.25) is 5.91 Å². The van der Waals surface area contributed by atoms with Gasteiger partial charge in [-0.25, -0.2) is 4.98 Å². The Labute approximate surface area is 167 Å². The second-order valence-corrected chi connectivity index (χ2v) is 8.24. The molecule has 0 aliphatic carbocycles. The number of anilines is 1. The molecule has 3 aromatic rings. The van der Waals surface area contributed by atoms with Crippen molar-refractivity contribution in [2.24, 2.45) is 0 Å². The van der Waals surface area contributed by atoms with E-state index in [1.54, 1.807) is 30.5 Å². The maximum absolute atomic E-state index is 12.3. The number of nitrogens with zero attached hydrogens (tertiary/aromatic N) is 2. The molecule has 0 radical (unpaired) electrons. The van der Waals surface area contributed by atoms with Gasteiger partial charge in [-0.15, -0.1) is 11.8 Å². The Morgan fingerprint density at radius 1 is 1.35 bits per heavy atom. The van der Waals surface area contributed by atoms with Crippen LogP contribution >= 0.6 is 39.3 Å². The molecule has 3 rings (SSSR count). The van der Waals surface area contributed by atoms with Crippen molar-refractivity contribution in [3.05, 3.63) is 74.2 Å². The maximum Gasteiger partial charge on any atom is 0.258 e. The molecule has 2 heterocycles. The third-order valence-electron chi connectivity index (χ3n) is 3.66. The Kier molecular flexibility index (Phi) is 6.01. The first kappa shape index (κ1) is 18.9. The van der Waals surface area contributed by atoms with Crippen molar-refractivity contribution in [3.8, 4) is 0 Å². The Balaban J connectivity index is 1.67. The van der Waals surface area contributed by atoms with E-state index >= 15 is 0 Å². The number of thioether (sulfide) groups is 1. The average Bonchev–Trinajstić information content (AvgIpc) is 2.62. The molecule has 1 amide bonds. The van der Waals surface area contributed by atoms with Gasteiger partial charge in [0.25, 0.3) is 5.56 Å². The van der Waals surface area contributed by atoms with Crippen LogP contribution in [0.3, 0.4) is 0 Å². The summed E-state index contributed by atoms with van der Waals surface area (Å²) in [5.41, 5.74) is 1.64. The number of rotatable bonds is 5. The highest BCUT2D eigenvalue weighted by Gasteiger charge is 2.15. The second-order valence-electron chi connectivity index (χ2n) is 5.58. The van der Waals surface area contributed by atoms with E-state index in [1.807, 2.05) is 19.1 Å². The number of carbonyl (C=O) groups is 1. The molecule has 26 heavy (non-hydrogen) atoms. The van der Waals surface area contributed by atoms with Gasteiger partial charge in [-0.3, -0.25) is 14.0 Å². The summed E-state index contributed by atoms with van der Waals surface area (Å²) in [5.74, 6) is 0.309. The first-order valence-electron chi connectivity index (χ1n) is 7.79. The van der Waals surface area contributed by atoms with Gasteiger partial charge >= 0.3 is 0 Å². The molecular formula is C18H15BrClN3O2S. The third kappa shape index (κ3) is 4.47. The van der Waals surface area contributed by atoms with Crippen molar-refractivity contribution in [2.75, 3.05) is 5.32 Å². The summed E-state index contributed by atoms with van der Waals surface area (Å²) in [6.07, 6.45) is 1.68. The Morgan fingerprint density at radius 3 is 2.88 bits per heavy atom. The molecule has 134 valence electrons. The zero-order valence-electron chi connectivity index (χ0n) is 13.8. The van der Waals surface area contributed by atoms with Crippen molar-refractivity contribution in [2.45, 2.75) is 17.9 Å². The van der Waals surface area contributed by atoms with Crippen molar-refractivity contribution >= 4 is 56.5 Å². The molecule has 0 saturated heterocycles. The van der Waals surface area contributed by atoms with Crippen molar-refractivity contribution in [1.29, 1.82) is 0 Å². The summed E-state index contributed by atoms with van der Waals surface area (Å²) in [6.45, 7) is 1.81. The zero-order chi connectivity index (χ0) is 18.7. The van der Waals surface area contributed by atoms with Crippen LogP contribution in [-0.2, 0) is 10.5 Å². The number of hydrogen-bond acceptors (Lipinski definition) is 4. The van der Waals surface area contributed by atoms with E-state index in [2.05, 4.69) is 26.2 Å². The van der Waals surface area contributed by atoms with Crippen molar-refractivity contribution < 1.29 is 4.79 Å². The van der Waals surface area contributed by atoms with Gasteiger partial charge in [0, 0.05) is 22.5 Å².